The van der Waals surface area contributed by atoms with Crippen LogP contribution in [0.15, 0.2) is 84.3 Å². The molecule has 0 saturated heterocycles. The molecule has 0 unspecified atom stereocenters. The number of hydrogen-bond acceptors (Lipinski definition) is 4. The van der Waals surface area contributed by atoms with Crippen molar-refractivity contribution in [2.75, 3.05) is 16.6 Å². The zero-order chi connectivity index (χ0) is 24.0. The summed E-state index contributed by atoms with van der Waals surface area (Å²) in [5, 5.41) is 5.28. The molecule has 3 N–H and O–H groups in total. The van der Waals surface area contributed by atoms with Gasteiger partial charge in [-0.2, -0.15) is 0 Å². The molecule has 0 aliphatic heterocycles. The first-order valence-corrected chi connectivity index (χ1v) is 11.8. The fourth-order valence-corrected chi connectivity index (χ4v) is 4.64. The smallest absolute Gasteiger partial charge is 0.263 e. The Hall–Kier alpha value is -3.62. The first-order valence-electron chi connectivity index (χ1n) is 9.90. The number of hydrogen-bond donors (Lipinski definition) is 3. The Bertz CT molecular complexity index is 1320. The van der Waals surface area contributed by atoms with E-state index in [1.807, 2.05) is 0 Å². The van der Waals surface area contributed by atoms with Crippen molar-refractivity contribution in [3.05, 3.63) is 101 Å². The molecule has 2 amide bonds. The van der Waals surface area contributed by atoms with E-state index in [1.165, 1.54) is 18.2 Å². The highest BCUT2D eigenvalue weighted by Gasteiger charge is 2.22. The maximum absolute atomic E-state index is 13.0. The number of nitrogens with one attached hydrogen (secondary N) is 3. The number of anilines is 2. The van der Waals surface area contributed by atoms with Gasteiger partial charge < -0.3 is 10.6 Å². The predicted molar refractivity (Wildman–Crippen MR) is 130 cm³/mol. The van der Waals surface area contributed by atoms with E-state index in [2.05, 4.69) is 21.9 Å². The fraction of sp³-hybridized carbons (Fsp3) is 0.0833. The minimum absolute atomic E-state index is 0.0307. The van der Waals surface area contributed by atoms with E-state index in [1.54, 1.807) is 61.5 Å². The van der Waals surface area contributed by atoms with Crippen molar-refractivity contribution in [1.82, 2.24) is 5.32 Å². The van der Waals surface area contributed by atoms with Crippen molar-refractivity contribution in [2.45, 2.75) is 11.8 Å². The van der Waals surface area contributed by atoms with Crippen LogP contribution in [0.5, 0.6) is 0 Å². The van der Waals surface area contributed by atoms with Crippen LogP contribution in [0.25, 0.3) is 0 Å². The Balaban J connectivity index is 1.88. The molecule has 0 saturated carbocycles. The van der Waals surface area contributed by atoms with Crippen LogP contribution in [0.2, 0.25) is 5.02 Å². The number of halogens is 1. The van der Waals surface area contributed by atoms with Crippen LogP contribution in [0.4, 0.5) is 11.4 Å². The summed E-state index contributed by atoms with van der Waals surface area (Å²) in [7, 11) is -4.06. The second kappa shape index (κ2) is 10.3. The zero-order valence-corrected chi connectivity index (χ0v) is 19.3. The number of amides is 2. The van der Waals surface area contributed by atoms with Crippen LogP contribution in [-0.2, 0) is 10.0 Å². The van der Waals surface area contributed by atoms with Crippen LogP contribution in [0.1, 0.15) is 26.3 Å². The molecule has 0 heterocycles. The van der Waals surface area contributed by atoms with Crippen molar-refractivity contribution in [3.63, 3.8) is 0 Å². The monoisotopic (exact) mass is 483 g/mol. The molecule has 9 heteroatoms. The molecule has 0 spiro atoms. The molecule has 0 aliphatic rings. The SMILES string of the molecule is C=CCNC(=O)c1ccccc1NC(=O)c1ccc(Cl)c(S(=O)(=O)Nc2ccccc2C)c1. The van der Waals surface area contributed by atoms with E-state index in [0.717, 1.165) is 5.56 Å². The van der Waals surface area contributed by atoms with Crippen molar-refractivity contribution < 1.29 is 18.0 Å². The van der Waals surface area contributed by atoms with E-state index in [-0.39, 0.29) is 39.2 Å². The molecule has 0 aliphatic carbocycles. The van der Waals surface area contributed by atoms with Gasteiger partial charge in [0, 0.05) is 12.1 Å². The summed E-state index contributed by atoms with van der Waals surface area (Å²) in [6.07, 6.45) is 1.54. The summed E-state index contributed by atoms with van der Waals surface area (Å²) in [6, 6.07) is 17.3. The van der Waals surface area contributed by atoms with Gasteiger partial charge in [0.05, 0.1) is 22.0 Å². The number of rotatable bonds is 8. The molecule has 33 heavy (non-hydrogen) atoms. The zero-order valence-electron chi connectivity index (χ0n) is 17.8. The van der Waals surface area contributed by atoms with Gasteiger partial charge in [0.25, 0.3) is 21.8 Å². The standard InChI is InChI=1S/C24H22ClN3O4S/c1-3-14-26-24(30)18-9-5-7-11-21(18)27-23(29)17-12-13-19(25)22(15-17)33(31,32)28-20-10-6-4-8-16(20)2/h3-13,15,28H,1,14H2,2H3,(H,26,30)(H,27,29). The highest BCUT2D eigenvalue weighted by atomic mass is 35.5. The van der Waals surface area contributed by atoms with Crippen molar-refractivity contribution >= 4 is 44.8 Å². The van der Waals surface area contributed by atoms with Crippen molar-refractivity contribution in [2.24, 2.45) is 0 Å². The molecular weight excluding hydrogens is 462 g/mol. The van der Waals surface area contributed by atoms with Crippen LogP contribution in [0, 0.1) is 6.92 Å². The third kappa shape index (κ3) is 5.79. The Morgan fingerprint density at radius 2 is 1.64 bits per heavy atom. The Morgan fingerprint density at radius 3 is 2.33 bits per heavy atom. The predicted octanol–water partition coefficient (Wildman–Crippen LogP) is 4.62. The first-order chi connectivity index (χ1) is 15.7. The lowest BCUT2D eigenvalue weighted by Crippen LogP contribution is -2.25. The van der Waals surface area contributed by atoms with Gasteiger partial charge in [0.1, 0.15) is 4.90 Å². The van der Waals surface area contributed by atoms with Gasteiger partial charge in [0.15, 0.2) is 0 Å². The van der Waals surface area contributed by atoms with Gasteiger partial charge >= 0.3 is 0 Å². The highest BCUT2D eigenvalue weighted by Crippen LogP contribution is 2.27. The average Bonchev–Trinajstić information content (AvgIpc) is 2.79. The van der Waals surface area contributed by atoms with E-state index in [0.29, 0.717) is 5.69 Å². The number of carbonyl (C=O) groups is 2. The largest absolute Gasteiger partial charge is 0.349 e. The van der Waals surface area contributed by atoms with Crippen LogP contribution >= 0.6 is 11.6 Å². The molecule has 0 aromatic heterocycles. The van der Waals surface area contributed by atoms with Gasteiger partial charge in [-0.3, -0.25) is 14.3 Å². The Labute approximate surface area is 197 Å². The van der Waals surface area contributed by atoms with Crippen LogP contribution < -0.4 is 15.4 Å². The third-order valence-corrected chi connectivity index (χ3v) is 6.55. The molecule has 0 fully saturated rings. The van der Waals surface area contributed by atoms with Gasteiger partial charge in [-0.15, -0.1) is 6.58 Å². The lowest BCUT2D eigenvalue weighted by Gasteiger charge is -2.14. The minimum atomic E-state index is -4.06. The summed E-state index contributed by atoms with van der Waals surface area (Å²) in [6.45, 7) is 5.59. The maximum atomic E-state index is 13.0. The van der Waals surface area contributed by atoms with E-state index in [9.17, 15) is 18.0 Å². The topological polar surface area (TPSA) is 104 Å². The van der Waals surface area contributed by atoms with Gasteiger partial charge in [-0.25, -0.2) is 8.42 Å². The van der Waals surface area contributed by atoms with Crippen molar-refractivity contribution in [3.8, 4) is 0 Å². The molecular formula is C24H22ClN3O4S. The first kappa shape index (κ1) is 24.0. The second-order valence-electron chi connectivity index (χ2n) is 7.06. The van der Waals surface area contributed by atoms with Gasteiger partial charge in [-0.1, -0.05) is 48.0 Å². The number of para-hydroxylation sites is 2. The number of aryl methyl sites for hydroxylation is 1. The summed E-state index contributed by atoms with van der Waals surface area (Å²) < 4.78 is 28.4. The van der Waals surface area contributed by atoms with E-state index < -0.39 is 15.9 Å². The van der Waals surface area contributed by atoms with Crippen LogP contribution in [0.3, 0.4) is 0 Å². The molecule has 3 aromatic rings. The highest BCUT2D eigenvalue weighted by molar-refractivity contribution is 7.92. The van der Waals surface area contributed by atoms with E-state index in [4.69, 9.17) is 11.6 Å². The number of carbonyl (C=O) groups excluding carboxylic acids is 2. The summed E-state index contributed by atoms with van der Waals surface area (Å²) >= 11 is 6.16. The fourth-order valence-electron chi connectivity index (χ4n) is 2.98. The van der Waals surface area contributed by atoms with Gasteiger partial charge in [0.2, 0.25) is 0 Å². The van der Waals surface area contributed by atoms with E-state index >= 15 is 0 Å². The Morgan fingerprint density at radius 1 is 0.970 bits per heavy atom. The number of benzene rings is 3. The summed E-state index contributed by atoms with van der Waals surface area (Å²) in [4.78, 5) is 25.0. The van der Waals surface area contributed by atoms with Crippen molar-refractivity contribution in [1.29, 1.82) is 0 Å². The molecule has 3 rings (SSSR count). The minimum Gasteiger partial charge on any atom is -0.349 e. The third-order valence-electron chi connectivity index (χ3n) is 4.70. The quantitative estimate of drug-likeness (QED) is 0.407. The molecule has 3 aromatic carbocycles. The molecule has 0 atom stereocenters. The Kier molecular flexibility index (Phi) is 7.52. The normalized spacial score (nSPS) is 10.8. The summed E-state index contributed by atoms with van der Waals surface area (Å²) in [5.74, 6) is -0.976. The molecule has 0 radical (unpaired) electrons. The average molecular weight is 484 g/mol. The number of sulfonamides is 1. The second-order valence-corrected chi connectivity index (χ2v) is 9.12. The molecule has 170 valence electrons. The van der Waals surface area contributed by atoms with Gasteiger partial charge in [-0.05, 0) is 48.9 Å². The summed E-state index contributed by atoms with van der Waals surface area (Å²) in [5.41, 5.74) is 1.74. The molecule has 7 nitrogen and oxygen atoms in total. The maximum Gasteiger partial charge on any atom is 0.263 e. The molecule has 0 bridgehead atoms. The lowest BCUT2D eigenvalue weighted by molar-refractivity contribution is 0.0959. The van der Waals surface area contributed by atoms with Crippen LogP contribution in [-0.4, -0.2) is 26.8 Å². The lowest BCUT2D eigenvalue weighted by atomic mass is 10.1.